The van der Waals surface area contributed by atoms with Gasteiger partial charge in [0.1, 0.15) is 0 Å². The Balaban J connectivity index is -0.00000000225. The second-order valence-electron chi connectivity index (χ2n) is 0. The summed E-state index contributed by atoms with van der Waals surface area (Å²) in [6, 6.07) is 0. The predicted molar refractivity (Wildman–Crippen MR) is 53.2 cm³/mol. The quantitative estimate of drug-likeness (QED) is 0.104. The molecule has 0 heterocycles. The molecule has 26 heavy (non-hydrogen) atoms. The van der Waals surface area contributed by atoms with E-state index >= 15 is 0 Å². The summed E-state index contributed by atoms with van der Waals surface area (Å²) >= 11 is 0. The van der Waals surface area contributed by atoms with Crippen LogP contribution in [0.3, 0.4) is 0 Å². The van der Waals surface area contributed by atoms with E-state index in [9.17, 15) is 0 Å². The number of hydrogen-bond acceptors (Lipinski definition) is 9. The topological polar surface area (TPSA) is 296 Å². The van der Waals surface area contributed by atoms with Gasteiger partial charge in [0.15, 0.2) is 0 Å². The first-order chi connectivity index (χ1) is 9.00. The molecule has 0 aliphatic carbocycles. The Labute approximate surface area is 379 Å². The first kappa shape index (κ1) is 147. The van der Waals surface area contributed by atoms with Crippen LogP contribution in [0, 0.1) is 94.7 Å². The van der Waals surface area contributed by atoms with E-state index < -0.39 is 0 Å². The molecule has 0 bridgehead atoms. The minimum Gasteiger partial charge on any atom is -0.512 e. The van der Waals surface area contributed by atoms with Gasteiger partial charge in [-0.1, -0.05) is 0 Å². The minimum atomic E-state index is 0. The zero-order valence-electron chi connectivity index (χ0n) is 14.2. The van der Waals surface area contributed by atoms with Crippen LogP contribution in [0.15, 0.2) is 0 Å². The number of rotatable bonds is 0. The fourth-order valence-electron chi connectivity index (χ4n) is 0. The first-order valence-corrected chi connectivity index (χ1v) is 2.01. The average molecular weight is 1010 g/mol. The van der Waals surface area contributed by atoms with Gasteiger partial charge in [0, 0.05) is 21.1 Å². The van der Waals surface area contributed by atoms with E-state index in [4.69, 9.17) is 105 Å². The van der Waals surface area contributed by atoms with Gasteiger partial charge in [0.05, 0.1) is 0 Å². The maximum atomic E-state index is 6.25. The zero-order chi connectivity index (χ0) is 18.0. The van der Waals surface area contributed by atoms with E-state index in [1.165, 1.54) is 0 Å². The van der Waals surface area contributed by atoms with E-state index in [-0.39, 0.29) is 286 Å². The van der Waals surface area contributed by atoms with Crippen molar-refractivity contribution in [2.75, 3.05) is 0 Å². The molecule has 0 spiro atoms. The van der Waals surface area contributed by atoms with Crippen molar-refractivity contribution in [3.63, 3.8) is 0 Å². The fourth-order valence-corrected chi connectivity index (χ4v) is 0. The van der Waals surface area contributed by atoms with Gasteiger partial charge in [-0.2, -0.15) is 0 Å². The Kier molecular flexibility index (Phi) is 7010. The van der Waals surface area contributed by atoms with E-state index in [1.54, 1.807) is 0 Å². The van der Waals surface area contributed by atoms with Gasteiger partial charge in [-0.05, 0) is 0 Å². The maximum absolute atomic E-state index is 6.25. The summed E-state index contributed by atoms with van der Waals surface area (Å²) in [5.41, 5.74) is 0. The molecule has 0 aliphatic rings. The molecule has 0 aromatic rings. The molecule has 0 aromatic carbocycles. The molecule has 128 valence electrons. The predicted octanol–water partition coefficient (Wildman–Crippen LogP) is -13.7. The van der Waals surface area contributed by atoms with Gasteiger partial charge in [-0.3, -0.25) is 5.26 Å². The van der Waals surface area contributed by atoms with Gasteiger partial charge in [0.25, 0.3) is 0 Å². The third-order valence-corrected chi connectivity index (χ3v) is 0. The van der Waals surface area contributed by atoms with Crippen LogP contribution in [0.4, 0.5) is 0 Å². The van der Waals surface area contributed by atoms with Crippen LogP contribution in [0.2, 0.25) is 0 Å². The van der Waals surface area contributed by atoms with Gasteiger partial charge >= 0.3 is 254 Å². The molecule has 7 N–H and O–H groups in total. The standard InChI is InChI=1S/8CN.H2O2.2H2O.2Pt.4Rb/c9*1-2;;;;;;;;/h;;;;;;;;1-2H;2*1H2;;;;;;/q8*-1;;;;;+2;4*+1/p+1. The molecular formula is C8H7N8O4Pt2Rb4-. The van der Waals surface area contributed by atoms with Crippen molar-refractivity contribution < 1.29 is 296 Å². The Morgan fingerprint density at radius 1 is 0.385 bits per heavy atom. The van der Waals surface area contributed by atoms with E-state index in [2.05, 4.69) is 0 Å². The van der Waals surface area contributed by atoms with Crippen molar-refractivity contribution in [1.29, 1.82) is 42.1 Å². The first-order valence-electron chi connectivity index (χ1n) is 2.01. The van der Waals surface area contributed by atoms with Crippen LogP contribution in [-0.4, -0.2) is 21.5 Å². The third-order valence-electron chi connectivity index (χ3n) is 0. The summed E-state index contributed by atoms with van der Waals surface area (Å²) in [7, 11) is 0. The molecule has 0 atom stereocenters. The largest absolute Gasteiger partial charge is 2.00 e. The SMILES string of the molecule is O.O.O[OH2+].[C-]#N.[C-]#N.[C-]#N.[C-]#N.[C-]#N.[C-]#N.[C-]#N.[C-]#N.[Pt+2].[Pt].[Rb+].[Rb+].[Rb+].[Rb+]. The number of hydrogen-bond donors (Lipinski definition) is 1. The molecule has 0 rings (SSSR count). The van der Waals surface area contributed by atoms with Crippen molar-refractivity contribution in [2.24, 2.45) is 0 Å². The van der Waals surface area contributed by atoms with E-state index in [1.807, 2.05) is 0 Å². The van der Waals surface area contributed by atoms with Crippen LogP contribution < -0.4 is 233 Å². The molecule has 0 radical (unpaired) electrons. The summed E-state index contributed by atoms with van der Waals surface area (Å²) in [5, 5.41) is 61.0. The minimum absolute atomic E-state index is 0. The molecule has 0 saturated carbocycles. The summed E-state index contributed by atoms with van der Waals surface area (Å²) in [4.78, 5) is 0. The van der Waals surface area contributed by atoms with Gasteiger partial charge in [-0.25, -0.2) is 0 Å². The van der Waals surface area contributed by atoms with Crippen LogP contribution >= 0.6 is 0 Å². The summed E-state index contributed by atoms with van der Waals surface area (Å²) in [6.45, 7) is 38.0. The van der Waals surface area contributed by atoms with Crippen LogP contribution in [-0.2, 0) is 42.1 Å². The smallest absolute Gasteiger partial charge is 0.512 e. The summed E-state index contributed by atoms with van der Waals surface area (Å²) in [5.74, 6) is 0. The van der Waals surface area contributed by atoms with Gasteiger partial charge in [-0.15, -0.1) is 5.26 Å². The van der Waals surface area contributed by atoms with E-state index in [0.29, 0.717) is 0 Å². The van der Waals surface area contributed by atoms with Crippen LogP contribution in [0.5, 0.6) is 0 Å². The maximum Gasteiger partial charge on any atom is 2.00 e. The molecule has 0 unspecified atom stereocenters. The molecule has 0 fully saturated rings. The average Bonchev–Trinajstić information content (AvgIpc) is 2.63. The van der Waals surface area contributed by atoms with Crippen molar-refractivity contribution >= 4 is 0 Å². The van der Waals surface area contributed by atoms with Gasteiger partial charge < -0.3 is 106 Å². The second kappa shape index (κ2) is 1240. The molecule has 0 aliphatic heterocycles. The van der Waals surface area contributed by atoms with Crippen molar-refractivity contribution in [3.05, 3.63) is 52.6 Å². The summed E-state index contributed by atoms with van der Waals surface area (Å²) < 4.78 is 0. The van der Waals surface area contributed by atoms with Crippen molar-refractivity contribution in [3.8, 4) is 0 Å². The third kappa shape index (κ3) is 1120. The fraction of sp³-hybridized carbons (Fsp3) is 0. The van der Waals surface area contributed by atoms with Crippen molar-refractivity contribution in [1.82, 2.24) is 0 Å². The summed E-state index contributed by atoms with van der Waals surface area (Å²) in [6.07, 6.45) is 0. The van der Waals surface area contributed by atoms with E-state index in [0.717, 1.165) is 0 Å². The molecule has 0 amide bonds. The van der Waals surface area contributed by atoms with Crippen LogP contribution in [0.25, 0.3) is 0 Å². The van der Waals surface area contributed by atoms with Crippen molar-refractivity contribution in [2.45, 2.75) is 0 Å². The Morgan fingerprint density at radius 3 is 0.385 bits per heavy atom. The second-order valence-corrected chi connectivity index (χ2v) is 0. The molecule has 0 aromatic heterocycles. The van der Waals surface area contributed by atoms with Gasteiger partial charge in [0.2, 0.25) is 0 Å². The molecular weight excluding hydrogens is 1000 g/mol. The molecule has 0 saturated heterocycles. The zero-order valence-corrected chi connectivity index (χ0v) is 38.4. The number of nitrogens with zero attached hydrogens (tertiary/aromatic N) is 8. The van der Waals surface area contributed by atoms with Crippen LogP contribution in [0.1, 0.15) is 0 Å². The Hall–Kier alpha value is 4.36. The molecule has 12 nitrogen and oxygen atoms in total. The normalized spacial score (nSPS) is 0.846. The monoisotopic (exact) mass is 1010 g/mol. The Bertz CT molecular complexity index is 166. The Morgan fingerprint density at radius 2 is 0.385 bits per heavy atom. The molecule has 18 heteroatoms.